The fraction of sp³-hybridized carbons (Fsp3) is 0.167. The summed E-state index contributed by atoms with van der Waals surface area (Å²) in [5, 5.41) is 0. The Bertz CT molecular complexity index is 503. The monoisotopic (exact) mass is 236 g/mol. The number of ether oxygens (including phenoxy) is 1. The number of aryl methyl sites for hydroxylation is 1. The standard InChI is InChI=1S/C12H10F2N2O/c1-8-6-10(9-2-4-15-5-3-9)7-16-11(8)17-12(13)14/h2-7,12H,1H3. The van der Waals surface area contributed by atoms with Crippen molar-refractivity contribution in [1.29, 1.82) is 0 Å². The van der Waals surface area contributed by atoms with E-state index in [0.29, 0.717) is 5.56 Å². The maximum Gasteiger partial charge on any atom is 0.388 e. The second-order valence-electron chi connectivity index (χ2n) is 3.46. The molecule has 0 aliphatic heterocycles. The van der Waals surface area contributed by atoms with Crippen LogP contribution in [0.3, 0.4) is 0 Å². The fourth-order valence-corrected chi connectivity index (χ4v) is 1.47. The van der Waals surface area contributed by atoms with Crippen LogP contribution in [0.4, 0.5) is 8.78 Å². The molecule has 0 aliphatic carbocycles. The molecular formula is C12H10F2N2O. The van der Waals surface area contributed by atoms with Crippen LogP contribution in [-0.2, 0) is 0 Å². The van der Waals surface area contributed by atoms with E-state index in [0.717, 1.165) is 11.1 Å². The Morgan fingerprint density at radius 1 is 1.18 bits per heavy atom. The first kappa shape index (κ1) is 11.4. The van der Waals surface area contributed by atoms with Gasteiger partial charge in [-0.25, -0.2) is 4.98 Å². The predicted molar refractivity (Wildman–Crippen MR) is 58.8 cm³/mol. The van der Waals surface area contributed by atoms with Crippen LogP contribution < -0.4 is 4.74 Å². The summed E-state index contributed by atoms with van der Waals surface area (Å²) in [7, 11) is 0. The molecule has 0 amide bonds. The smallest absolute Gasteiger partial charge is 0.388 e. The Kier molecular flexibility index (Phi) is 3.27. The van der Waals surface area contributed by atoms with Gasteiger partial charge in [0.15, 0.2) is 0 Å². The molecule has 2 heterocycles. The number of nitrogens with zero attached hydrogens (tertiary/aromatic N) is 2. The van der Waals surface area contributed by atoms with Crippen molar-refractivity contribution in [2.75, 3.05) is 0 Å². The van der Waals surface area contributed by atoms with Crippen molar-refractivity contribution in [3.05, 3.63) is 42.4 Å². The van der Waals surface area contributed by atoms with E-state index in [4.69, 9.17) is 0 Å². The van der Waals surface area contributed by atoms with Crippen LogP contribution in [0.25, 0.3) is 11.1 Å². The summed E-state index contributed by atoms with van der Waals surface area (Å²) in [5.41, 5.74) is 2.34. The molecule has 5 heteroatoms. The second kappa shape index (κ2) is 4.86. The number of aromatic nitrogens is 2. The molecule has 0 radical (unpaired) electrons. The van der Waals surface area contributed by atoms with Crippen LogP contribution in [0.15, 0.2) is 36.8 Å². The van der Waals surface area contributed by atoms with Gasteiger partial charge in [-0.1, -0.05) is 0 Å². The molecule has 2 rings (SSSR count). The molecule has 0 saturated heterocycles. The molecule has 0 atom stereocenters. The summed E-state index contributed by atoms with van der Waals surface area (Å²) in [6.07, 6.45) is 4.82. The van der Waals surface area contributed by atoms with Crippen molar-refractivity contribution in [2.45, 2.75) is 13.5 Å². The van der Waals surface area contributed by atoms with Gasteiger partial charge < -0.3 is 4.74 Å². The van der Waals surface area contributed by atoms with Gasteiger partial charge in [-0.2, -0.15) is 8.78 Å². The Labute approximate surface area is 97.1 Å². The highest BCUT2D eigenvalue weighted by atomic mass is 19.3. The van der Waals surface area contributed by atoms with Crippen molar-refractivity contribution in [1.82, 2.24) is 9.97 Å². The van der Waals surface area contributed by atoms with E-state index in [-0.39, 0.29) is 5.88 Å². The summed E-state index contributed by atoms with van der Waals surface area (Å²) in [6.45, 7) is -1.18. The highest BCUT2D eigenvalue weighted by molar-refractivity contribution is 5.63. The molecule has 88 valence electrons. The van der Waals surface area contributed by atoms with Gasteiger partial charge in [-0.3, -0.25) is 4.98 Å². The highest BCUT2D eigenvalue weighted by Crippen LogP contribution is 2.24. The normalized spacial score (nSPS) is 10.6. The van der Waals surface area contributed by atoms with Crippen LogP contribution in [0.2, 0.25) is 0 Å². The molecule has 0 unspecified atom stereocenters. The third-order valence-electron chi connectivity index (χ3n) is 2.24. The number of hydrogen-bond acceptors (Lipinski definition) is 3. The number of alkyl halides is 2. The second-order valence-corrected chi connectivity index (χ2v) is 3.46. The minimum atomic E-state index is -2.85. The Hall–Kier alpha value is -2.04. The van der Waals surface area contributed by atoms with E-state index in [1.54, 1.807) is 25.4 Å². The summed E-state index contributed by atoms with van der Waals surface area (Å²) in [5.74, 6) is -0.0437. The topological polar surface area (TPSA) is 35.0 Å². The molecule has 3 nitrogen and oxygen atoms in total. The minimum absolute atomic E-state index is 0.0437. The van der Waals surface area contributed by atoms with Crippen molar-refractivity contribution < 1.29 is 13.5 Å². The average molecular weight is 236 g/mol. The average Bonchev–Trinajstić information content (AvgIpc) is 2.32. The molecule has 0 spiro atoms. The van der Waals surface area contributed by atoms with E-state index < -0.39 is 6.61 Å². The van der Waals surface area contributed by atoms with Crippen molar-refractivity contribution in [3.8, 4) is 17.0 Å². The van der Waals surface area contributed by atoms with Crippen molar-refractivity contribution >= 4 is 0 Å². The summed E-state index contributed by atoms with van der Waals surface area (Å²) in [6, 6.07) is 5.40. The Morgan fingerprint density at radius 3 is 2.47 bits per heavy atom. The molecule has 0 aliphatic rings. The van der Waals surface area contributed by atoms with Gasteiger partial charge >= 0.3 is 6.61 Å². The maximum absolute atomic E-state index is 12.1. The van der Waals surface area contributed by atoms with Crippen LogP contribution in [0, 0.1) is 6.92 Å². The quantitative estimate of drug-likeness (QED) is 0.821. The zero-order valence-corrected chi connectivity index (χ0v) is 9.10. The Balaban J connectivity index is 2.31. The zero-order valence-electron chi connectivity index (χ0n) is 9.10. The van der Waals surface area contributed by atoms with Gasteiger partial charge in [-0.15, -0.1) is 0 Å². The highest BCUT2D eigenvalue weighted by Gasteiger charge is 2.09. The summed E-state index contributed by atoms with van der Waals surface area (Å²) < 4.78 is 28.4. The molecule has 0 aromatic carbocycles. The van der Waals surface area contributed by atoms with Gasteiger partial charge in [0, 0.05) is 29.7 Å². The summed E-state index contributed by atoms with van der Waals surface area (Å²) in [4.78, 5) is 7.78. The molecule has 2 aromatic rings. The third-order valence-corrected chi connectivity index (χ3v) is 2.24. The van der Waals surface area contributed by atoms with Crippen LogP contribution in [0.5, 0.6) is 5.88 Å². The number of rotatable bonds is 3. The van der Waals surface area contributed by atoms with Gasteiger partial charge in [0.05, 0.1) is 0 Å². The number of pyridine rings is 2. The first-order valence-corrected chi connectivity index (χ1v) is 4.98. The van der Waals surface area contributed by atoms with Crippen LogP contribution >= 0.6 is 0 Å². The maximum atomic E-state index is 12.1. The molecule has 17 heavy (non-hydrogen) atoms. The van der Waals surface area contributed by atoms with E-state index >= 15 is 0 Å². The van der Waals surface area contributed by atoms with E-state index in [2.05, 4.69) is 14.7 Å². The minimum Gasteiger partial charge on any atom is -0.417 e. The number of hydrogen-bond donors (Lipinski definition) is 0. The molecular weight excluding hydrogens is 226 g/mol. The first-order chi connectivity index (χ1) is 8.16. The largest absolute Gasteiger partial charge is 0.417 e. The van der Waals surface area contributed by atoms with E-state index in [1.807, 2.05) is 12.1 Å². The zero-order chi connectivity index (χ0) is 12.3. The van der Waals surface area contributed by atoms with Gasteiger partial charge in [0.2, 0.25) is 5.88 Å². The SMILES string of the molecule is Cc1cc(-c2ccncc2)cnc1OC(F)F. The Morgan fingerprint density at radius 2 is 1.88 bits per heavy atom. The van der Waals surface area contributed by atoms with Gasteiger partial charge in [0.25, 0.3) is 0 Å². The lowest BCUT2D eigenvalue weighted by Gasteiger charge is -2.08. The van der Waals surface area contributed by atoms with Crippen molar-refractivity contribution in [2.24, 2.45) is 0 Å². The fourth-order valence-electron chi connectivity index (χ4n) is 1.47. The lowest BCUT2D eigenvalue weighted by molar-refractivity contribution is -0.0533. The van der Waals surface area contributed by atoms with E-state index in [1.165, 1.54) is 6.20 Å². The first-order valence-electron chi connectivity index (χ1n) is 4.98. The van der Waals surface area contributed by atoms with Gasteiger partial charge in [-0.05, 0) is 30.7 Å². The predicted octanol–water partition coefficient (Wildman–Crippen LogP) is 3.05. The summed E-state index contributed by atoms with van der Waals surface area (Å²) >= 11 is 0. The lowest BCUT2D eigenvalue weighted by Crippen LogP contribution is -2.05. The molecule has 0 saturated carbocycles. The van der Waals surface area contributed by atoms with Crippen molar-refractivity contribution in [3.63, 3.8) is 0 Å². The van der Waals surface area contributed by atoms with Crippen LogP contribution in [0.1, 0.15) is 5.56 Å². The molecule has 0 fully saturated rings. The molecule has 0 bridgehead atoms. The van der Waals surface area contributed by atoms with E-state index in [9.17, 15) is 8.78 Å². The third kappa shape index (κ3) is 2.75. The van der Waals surface area contributed by atoms with Gasteiger partial charge in [0.1, 0.15) is 0 Å². The molecule has 0 N–H and O–H groups in total. The lowest BCUT2D eigenvalue weighted by atomic mass is 10.1. The number of halogens is 2. The molecule has 2 aromatic heterocycles. The van der Waals surface area contributed by atoms with Crippen LogP contribution in [-0.4, -0.2) is 16.6 Å².